The summed E-state index contributed by atoms with van der Waals surface area (Å²) < 4.78 is 85.4. The third kappa shape index (κ3) is 10.2. The van der Waals surface area contributed by atoms with E-state index in [2.05, 4.69) is 45.2 Å². The summed E-state index contributed by atoms with van der Waals surface area (Å²) in [7, 11) is -1.43. The Morgan fingerprint density at radius 2 is 1.70 bits per heavy atom. The summed E-state index contributed by atoms with van der Waals surface area (Å²) in [6, 6.07) is -0.0702. The molecule has 1 aliphatic heterocycles. The van der Waals surface area contributed by atoms with Crippen molar-refractivity contribution in [2.45, 2.75) is 57.7 Å². The van der Waals surface area contributed by atoms with Crippen molar-refractivity contribution in [2.24, 2.45) is 5.16 Å². The van der Waals surface area contributed by atoms with Gasteiger partial charge in [-0.15, -0.1) is 0 Å². The first-order valence-corrected chi connectivity index (χ1v) is 17.3. The number of alkyl halides is 6. The second-order valence-electron chi connectivity index (χ2n) is 11.2. The van der Waals surface area contributed by atoms with Gasteiger partial charge in [0.05, 0.1) is 29.7 Å². The topological polar surface area (TPSA) is 127 Å². The summed E-state index contributed by atoms with van der Waals surface area (Å²) in [5.41, 5.74) is -4.30. The van der Waals surface area contributed by atoms with Crippen molar-refractivity contribution < 1.29 is 40.7 Å². The standard InChI is InChI=1S/C25H34F6N8O4Si/c1-17(36-19-14-34-39(16-42-9-10-44(2,3)4)22(41)21(19)25(29,30)31)11-35-43-15-20(40)37-5-7-38(8-6-37)23-32-12-18(13-33-23)24(26,27)28/h11-14,17,36H,5-10,15-16H2,1-4H3/b35-11+/t17-/m0/s1. The molecule has 3 rings (SSSR count). The van der Waals surface area contributed by atoms with Crippen molar-refractivity contribution in [2.75, 3.05) is 49.6 Å². The summed E-state index contributed by atoms with van der Waals surface area (Å²) in [6.07, 6.45) is -6.11. The fourth-order valence-electron chi connectivity index (χ4n) is 3.88. The monoisotopic (exact) mass is 652 g/mol. The maximum atomic E-state index is 13.8. The van der Waals surface area contributed by atoms with Crippen molar-refractivity contribution >= 4 is 31.8 Å². The van der Waals surface area contributed by atoms with E-state index in [1.165, 1.54) is 11.8 Å². The average molecular weight is 653 g/mol. The van der Waals surface area contributed by atoms with Gasteiger partial charge in [0.1, 0.15) is 12.3 Å². The lowest BCUT2D eigenvalue weighted by atomic mass is 10.2. The highest BCUT2D eigenvalue weighted by molar-refractivity contribution is 6.76. The van der Waals surface area contributed by atoms with Gasteiger partial charge in [0.15, 0.2) is 6.61 Å². The Hall–Kier alpha value is -3.74. The van der Waals surface area contributed by atoms with E-state index in [1.54, 1.807) is 4.90 Å². The number of nitrogens with zero attached hydrogens (tertiary/aromatic N) is 7. The molecule has 1 aliphatic rings. The second-order valence-corrected chi connectivity index (χ2v) is 16.8. The molecule has 0 bridgehead atoms. The van der Waals surface area contributed by atoms with Gasteiger partial charge in [-0.25, -0.2) is 14.6 Å². The molecule has 0 unspecified atom stereocenters. The number of ether oxygens (including phenoxy) is 1. The Bertz CT molecular complexity index is 1340. The van der Waals surface area contributed by atoms with Crippen LogP contribution in [0.3, 0.4) is 0 Å². The Labute approximate surface area is 250 Å². The average Bonchev–Trinajstić information content (AvgIpc) is 2.93. The highest BCUT2D eigenvalue weighted by atomic mass is 28.3. The molecule has 1 saturated heterocycles. The van der Waals surface area contributed by atoms with Crippen molar-refractivity contribution in [1.29, 1.82) is 0 Å². The zero-order chi connectivity index (χ0) is 32.7. The van der Waals surface area contributed by atoms with Crippen molar-refractivity contribution in [3.8, 4) is 0 Å². The molecule has 0 radical (unpaired) electrons. The van der Waals surface area contributed by atoms with Gasteiger partial charge in [-0.3, -0.25) is 9.59 Å². The molecule has 0 aromatic carbocycles. The van der Waals surface area contributed by atoms with E-state index in [4.69, 9.17) is 9.57 Å². The first kappa shape index (κ1) is 34.7. The molecule has 0 aliphatic carbocycles. The normalized spacial score (nSPS) is 15.5. The summed E-state index contributed by atoms with van der Waals surface area (Å²) in [4.78, 5) is 40.6. The van der Waals surface area contributed by atoms with Crippen molar-refractivity contribution in [1.82, 2.24) is 24.6 Å². The van der Waals surface area contributed by atoms with Gasteiger partial charge in [-0.1, -0.05) is 24.8 Å². The lowest BCUT2D eigenvalue weighted by molar-refractivity contribution is -0.139. The van der Waals surface area contributed by atoms with E-state index in [0.717, 1.165) is 18.5 Å². The number of carbonyl (C=O) groups is 1. The van der Waals surface area contributed by atoms with Gasteiger partial charge in [0, 0.05) is 53.3 Å². The molecule has 1 atom stereocenters. The molecule has 2 aromatic heterocycles. The minimum atomic E-state index is -4.97. The van der Waals surface area contributed by atoms with Crippen LogP contribution in [0.25, 0.3) is 0 Å². The van der Waals surface area contributed by atoms with Crippen LogP contribution in [0.5, 0.6) is 0 Å². The van der Waals surface area contributed by atoms with E-state index >= 15 is 0 Å². The molecule has 1 N–H and O–H groups in total. The smallest absolute Gasteiger partial charge is 0.386 e. The van der Waals surface area contributed by atoms with E-state index < -0.39 is 68.1 Å². The van der Waals surface area contributed by atoms with E-state index in [9.17, 15) is 35.9 Å². The number of nitrogens with one attached hydrogen (secondary N) is 1. The summed E-state index contributed by atoms with van der Waals surface area (Å²) in [5.74, 6) is -0.311. The van der Waals surface area contributed by atoms with Crippen LogP contribution in [0.1, 0.15) is 18.1 Å². The van der Waals surface area contributed by atoms with Crippen molar-refractivity contribution in [3.05, 3.63) is 40.1 Å². The van der Waals surface area contributed by atoms with Crippen LogP contribution in [0.4, 0.5) is 38.0 Å². The number of carbonyl (C=O) groups excluding carboxylic acids is 1. The zero-order valence-electron chi connectivity index (χ0n) is 24.6. The van der Waals surface area contributed by atoms with Gasteiger partial charge in [-0.05, 0) is 13.0 Å². The summed E-state index contributed by atoms with van der Waals surface area (Å²) >= 11 is 0. The third-order valence-corrected chi connectivity index (χ3v) is 8.05. The van der Waals surface area contributed by atoms with Crippen LogP contribution in [0.2, 0.25) is 25.7 Å². The summed E-state index contributed by atoms with van der Waals surface area (Å²) in [6.45, 7) is 8.26. The van der Waals surface area contributed by atoms with Gasteiger partial charge in [0.2, 0.25) is 5.95 Å². The first-order valence-electron chi connectivity index (χ1n) is 13.5. The number of amides is 1. The van der Waals surface area contributed by atoms with E-state index in [-0.39, 0.29) is 32.1 Å². The molecular weight excluding hydrogens is 618 g/mol. The number of halogens is 6. The lowest BCUT2D eigenvalue weighted by Gasteiger charge is -2.34. The summed E-state index contributed by atoms with van der Waals surface area (Å²) in [5, 5.41) is 9.95. The highest BCUT2D eigenvalue weighted by Crippen LogP contribution is 2.32. The number of anilines is 2. The fourth-order valence-corrected chi connectivity index (χ4v) is 4.64. The second kappa shape index (κ2) is 14.4. The third-order valence-electron chi connectivity index (χ3n) is 6.35. The number of rotatable bonds is 12. The quantitative estimate of drug-likeness (QED) is 0.121. The predicted molar refractivity (Wildman–Crippen MR) is 151 cm³/mol. The predicted octanol–water partition coefficient (Wildman–Crippen LogP) is 3.53. The molecular formula is C25H34F6N8O4Si. The van der Waals surface area contributed by atoms with Crippen LogP contribution in [-0.2, 0) is 33.5 Å². The molecule has 2 aromatic rings. The number of hydrogen-bond donors (Lipinski definition) is 1. The first-order chi connectivity index (χ1) is 20.5. The Morgan fingerprint density at radius 1 is 1.07 bits per heavy atom. The molecule has 12 nitrogen and oxygen atoms in total. The van der Waals surface area contributed by atoms with Gasteiger partial charge < -0.3 is 24.7 Å². The number of aromatic nitrogens is 4. The molecule has 1 amide bonds. The number of oxime groups is 1. The molecule has 1 fully saturated rings. The van der Waals surface area contributed by atoms with Gasteiger partial charge in [-0.2, -0.15) is 31.4 Å². The van der Waals surface area contributed by atoms with Crippen molar-refractivity contribution in [3.63, 3.8) is 0 Å². The fraction of sp³-hybridized carbons (Fsp3) is 0.600. The van der Waals surface area contributed by atoms with E-state index in [0.29, 0.717) is 23.7 Å². The number of piperazine rings is 1. The minimum absolute atomic E-state index is 0.111. The van der Waals surface area contributed by atoms with Gasteiger partial charge >= 0.3 is 12.4 Å². The minimum Gasteiger partial charge on any atom is -0.386 e. The molecule has 3 heterocycles. The van der Waals surface area contributed by atoms with Crippen LogP contribution >= 0.6 is 0 Å². The zero-order valence-corrected chi connectivity index (χ0v) is 25.6. The Kier molecular flexibility index (Phi) is 11.3. The molecule has 44 heavy (non-hydrogen) atoms. The Balaban J connectivity index is 1.48. The molecule has 19 heteroatoms. The molecule has 0 saturated carbocycles. The number of hydrogen-bond acceptors (Lipinski definition) is 10. The highest BCUT2D eigenvalue weighted by Gasteiger charge is 2.38. The maximum Gasteiger partial charge on any atom is 0.423 e. The molecule has 0 spiro atoms. The van der Waals surface area contributed by atoms with Gasteiger partial charge in [0.25, 0.3) is 11.5 Å². The van der Waals surface area contributed by atoms with Crippen LogP contribution < -0.4 is 15.8 Å². The van der Waals surface area contributed by atoms with Crippen LogP contribution in [0, 0.1) is 0 Å². The van der Waals surface area contributed by atoms with E-state index in [1.807, 2.05) is 0 Å². The Morgan fingerprint density at radius 3 is 2.27 bits per heavy atom. The van der Waals surface area contributed by atoms with Crippen LogP contribution in [0.15, 0.2) is 28.5 Å². The molecule has 244 valence electrons. The van der Waals surface area contributed by atoms with Crippen LogP contribution in [-0.4, -0.2) is 90.3 Å². The SMILES string of the molecule is C[C@@H](/C=N/OCC(=O)N1CCN(c2ncc(C(F)(F)F)cn2)CC1)Nc1cnn(COCC[Si](C)(C)C)c(=O)c1C(F)(F)F. The lowest BCUT2D eigenvalue weighted by Crippen LogP contribution is -2.50. The largest absolute Gasteiger partial charge is 0.423 e. The maximum absolute atomic E-state index is 13.8.